The summed E-state index contributed by atoms with van der Waals surface area (Å²) >= 11 is 18.3. The van der Waals surface area contributed by atoms with Gasteiger partial charge in [-0.2, -0.15) is 25.3 Å². The number of thiol groups is 2. The van der Waals surface area contributed by atoms with Gasteiger partial charge in [0.25, 0.3) is 0 Å². The molecule has 0 aromatic heterocycles. The number of hydrogen-bond acceptors (Lipinski definition) is 21. The minimum absolute atomic E-state index is 0.00580. The maximum Gasteiger partial charge on any atom is 0.243 e. The van der Waals surface area contributed by atoms with Crippen molar-refractivity contribution in [3.05, 3.63) is 30.3 Å². The van der Waals surface area contributed by atoms with Gasteiger partial charge in [-0.15, -0.1) is 0 Å². The minimum atomic E-state index is -0.821. The Labute approximate surface area is 512 Å². The van der Waals surface area contributed by atoms with Crippen LogP contribution in [-0.2, 0) is 47.9 Å². The molecule has 0 spiro atoms. The number of hydrazine groups is 2. The van der Waals surface area contributed by atoms with E-state index in [-0.39, 0.29) is 109 Å². The SMILES string of the molecule is CCC(=O)NCC(=O)NC(CS)C(=O)NCCCCC(NC)C(C)=O.CCC(=S)NNCC(=O)NC(CS)C(=O)NCCCCC(NC)C(C)=O.CNC(CCCCNC(=O)C(CN)NC(=O)CNNC(=S)CNc1ccccc1)C(C)=O. The first kappa shape index (κ1) is 79.6. The highest BCUT2D eigenvalue weighted by Gasteiger charge is 2.22. The van der Waals surface area contributed by atoms with E-state index >= 15 is 0 Å². The largest absolute Gasteiger partial charge is 0.379 e. The fraction of sp³-hybridized carbons (Fsp3) is 0.660. The summed E-state index contributed by atoms with van der Waals surface area (Å²) in [5, 5.41) is 30.5. The fourth-order valence-electron chi connectivity index (χ4n) is 7.05. The van der Waals surface area contributed by atoms with E-state index in [1.54, 1.807) is 48.8 Å². The van der Waals surface area contributed by atoms with Crippen molar-refractivity contribution in [3.8, 4) is 0 Å². The van der Waals surface area contributed by atoms with Crippen LogP contribution in [0.2, 0.25) is 0 Å². The van der Waals surface area contributed by atoms with Crippen molar-refractivity contribution in [2.24, 2.45) is 5.73 Å². The predicted octanol–water partition coefficient (Wildman–Crippen LogP) is -1.49. The molecule has 26 nitrogen and oxygen atoms in total. The van der Waals surface area contributed by atoms with Gasteiger partial charge in [0.2, 0.25) is 41.4 Å². The van der Waals surface area contributed by atoms with Crippen molar-refractivity contribution in [2.75, 3.05) is 90.3 Å². The molecule has 0 aliphatic rings. The van der Waals surface area contributed by atoms with Crippen molar-refractivity contribution in [2.45, 2.75) is 141 Å². The number of nitrogens with one attached hydrogen (secondary N) is 15. The summed E-state index contributed by atoms with van der Waals surface area (Å²) in [5.74, 6) is -1.66. The van der Waals surface area contributed by atoms with Gasteiger partial charge in [-0.05, 0) is 118 Å². The first-order chi connectivity index (χ1) is 39.6. The van der Waals surface area contributed by atoms with Crippen molar-refractivity contribution < 1.29 is 47.9 Å². The molecule has 0 fully saturated rings. The van der Waals surface area contributed by atoms with Crippen LogP contribution in [0.1, 0.15) is 105 Å². The van der Waals surface area contributed by atoms with E-state index in [0.717, 1.165) is 50.6 Å². The van der Waals surface area contributed by atoms with E-state index in [1.807, 2.05) is 37.3 Å². The molecule has 1 aromatic rings. The molecular weight excluding hydrogens is 1150 g/mol. The Balaban J connectivity index is 0. The molecule has 0 aliphatic carbocycles. The number of benzene rings is 1. The van der Waals surface area contributed by atoms with Crippen molar-refractivity contribution in [3.63, 3.8) is 0 Å². The standard InChI is InChI=1S/C21H35N7O3S.C16H31N5O3S2.C16H30N4O4S/c1-15(29)17(23-2)10-6-7-11-24-21(31)18(12-22)27-19(30)13-26-28-20(32)14-25-16-8-4-3-5-9-16;1-4-15(26)21-19-9-14(23)20-13(10-25)16(24)18-8-6-5-7-12(17-3)11(2)22;1-4-14(22)19-9-15(23)20-13(10-25)16(24)18-8-6-5-7-12(17-3)11(2)21/h3-5,8-9,17-18,23,25-26H,6-7,10-14,22H2,1-2H3,(H,24,31)(H,27,30)(H,28,32);12-13,17,19,25H,4-10H2,1-3H3,(H,18,24)(H,20,23)(H,21,26);12-13,17,25H,4-10H2,1-3H3,(H,18,24)(H,19,22)(H,20,23). The lowest BCUT2D eigenvalue weighted by Gasteiger charge is -2.18. The normalized spacial score (nSPS) is 12.6. The third-order valence-corrected chi connectivity index (χ3v) is 13.4. The molecule has 83 heavy (non-hydrogen) atoms. The van der Waals surface area contributed by atoms with Gasteiger partial charge in [-0.25, -0.2) is 10.9 Å². The van der Waals surface area contributed by atoms with Gasteiger partial charge < -0.3 is 75.1 Å². The number of rotatable bonds is 43. The average Bonchev–Trinajstić information content (AvgIpc) is 3.47. The number of carbonyl (C=O) groups is 10. The summed E-state index contributed by atoms with van der Waals surface area (Å²) in [6, 6.07) is 6.87. The molecule has 30 heteroatoms. The van der Waals surface area contributed by atoms with E-state index in [4.69, 9.17) is 30.2 Å². The average molecular weight is 1250 g/mol. The monoisotopic (exact) mass is 1240 g/mol. The molecule has 6 unspecified atom stereocenters. The number of ketones is 3. The molecule has 1 rings (SSSR count). The number of thiocarbonyl (C=S) groups is 2. The molecule has 0 saturated heterocycles. The molecular formula is C53H96N16O10S4. The fourth-order valence-corrected chi connectivity index (χ4v) is 7.78. The molecule has 0 bridgehead atoms. The summed E-state index contributed by atoms with van der Waals surface area (Å²) in [6.45, 7) is 9.77. The van der Waals surface area contributed by atoms with Crippen LogP contribution in [0.3, 0.4) is 0 Å². The lowest BCUT2D eigenvalue weighted by Crippen LogP contribution is -2.54. The maximum absolute atomic E-state index is 12.2. The molecule has 0 saturated carbocycles. The lowest BCUT2D eigenvalue weighted by molar-refractivity contribution is -0.129. The highest BCUT2D eigenvalue weighted by molar-refractivity contribution is 7.80. The Kier molecular flexibility index (Phi) is 48.9. The number of hydrogen-bond donors (Lipinski definition) is 18. The van der Waals surface area contributed by atoms with E-state index in [0.29, 0.717) is 61.8 Å². The molecule has 17 N–H and O–H groups in total. The molecule has 1 aromatic carbocycles. The molecule has 0 aliphatic heterocycles. The predicted molar refractivity (Wildman–Crippen MR) is 340 cm³/mol. The Hall–Kier alpha value is -5.44. The van der Waals surface area contributed by atoms with Gasteiger partial charge in [-0.3, -0.25) is 47.9 Å². The van der Waals surface area contributed by atoms with Crippen LogP contribution in [0.15, 0.2) is 30.3 Å². The second kappa shape index (κ2) is 51.0. The summed E-state index contributed by atoms with van der Waals surface area (Å²) in [7, 11) is 5.26. The maximum atomic E-state index is 12.2. The molecule has 6 atom stereocenters. The van der Waals surface area contributed by atoms with Gasteiger partial charge in [0.15, 0.2) is 0 Å². The molecule has 472 valence electrons. The summed E-state index contributed by atoms with van der Waals surface area (Å²) < 4.78 is 0. The van der Waals surface area contributed by atoms with Crippen LogP contribution in [-0.4, -0.2) is 190 Å². The number of Topliss-reactive ketones (excluding diaryl/α,β-unsaturated/α-hetero) is 3. The van der Waals surface area contributed by atoms with Crippen molar-refractivity contribution in [1.29, 1.82) is 0 Å². The van der Waals surface area contributed by atoms with Gasteiger partial charge in [0.1, 0.15) is 40.5 Å². The second-order valence-corrected chi connectivity index (χ2v) is 20.4. The highest BCUT2D eigenvalue weighted by Crippen LogP contribution is 2.05. The summed E-state index contributed by atoms with van der Waals surface area (Å²) in [4.78, 5) is 118. The zero-order valence-electron chi connectivity index (χ0n) is 49.6. The molecule has 0 heterocycles. The Morgan fingerprint density at radius 2 is 0.843 bits per heavy atom. The van der Waals surface area contributed by atoms with Crippen LogP contribution in [0.5, 0.6) is 0 Å². The van der Waals surface area contributed by atoms with E-state index in [9.17, 15) is 47.9 Å². The van der Waals surface area contributed by atoms with Crippen LogP contribution < -0.4 is 85.9 Å². The second-order valence-electron chi connectivity index (χ2n) is 18.7. The van der Waals surface area contributed by atoms with Gasteiger partial charge in [0.05, 0.1) is 49.3 Å². The first-order valence-corrected chi connectivity index (χ1v) is 29.9. The Morgan fingerprint density at radius 3 is 1.19 bits per heavy atom. The van der Waals surface area contributed by atoms with E-state index in [2.05, 4.69) is 105 Å². The highest BCUT2D eigenvalue weighted by atomic mass is 32.1. The topological polar surface area (TPSA) is 377 Å². The van der Waals surface area contributed by atoms with Crippen LogP contribution in [0.25, 0.3) is 0 Å². The number of para-hydroxylation sites is 1. The number of nitrogens with two attached hydrogens (primary N) is 1. The quantitative estimate of drug-likeness (QED) is 0.0153. The Bertz CT molecular complexity index is 2120. The Morgan fingerprint density at radius 1 is 0.470 bits per heavy atom. The van der Waals surface area contributed by atoms with Crippen LogP contribution in [0, 0.1) is 0 Å². The number of likely N-dealkylation sites (N-methyl/N-ethyl adjacent to an activating group) is 3. The van der Waals surface area contributed by atoms with Gasteiger partial charge in [-0.1, -0.05) is 56.5 Å². The zero-order valence-corrected chi connectivity index (χ0v) is 53.0. The van der Waals surface area contributed by atoms with Crippen molar-refractivity contribution in [1.82, 2.24) is 74.9 Å². The minimum Gasteiger partial charge on any atom is -0.379 e. The summed E-state index contributed by atoms with van der Waals surface area (Å²) in [6.07, 6.45) is 7.74. The number of carbonyl (C=O) groups excluding carboxylic acids is 10. The van der Waals surface area contributed by atoms with Gasteiger partial charge >= 0.3 is 0 Å². The van der Waals surface area contributed by atoms with Crippen LogP contribution >= 0.6 is 49.7 Å². The smallest absolute Gasteiger partial charge is 0.243 e. The van der Waals surface area contributed by atoms with E-state index < -0.39 is 24.0 Å². The number of anilines is 1. The lowest BCUT2D eigenvalue weighted by atomic mass is 10.1. The molecule has 0 radical (unpaired) electrons. The zero-order chi connectivity index (χ0) is 63.0. The summed E-state index contributed by atoms with van der Waals surface area (Å²) in [5.41, 5.74) is 17.5. The van der Waals surface area contributed by atoms with E-state index in [1.165, 1.54) is 0 Å². The van der Waals surface area contributed by atoms with Crippen molar-refractivity contribution >= 4 is 124 Å². The third kappa shape index (κ3) is 42.1. The number of unbranched alkanes of at least 4 members (excludes halogenated alkanes) is 3. The molecule has 7 amide bonds. The van der Waals surface area contributed by atoms with Gasteiger partial charge in [0, 0.05) is 49.8 Å². The number of amides is 7. The van der Waals surface area contributed by atoms with Crippen LogP contribution in [0.4, 0.5) is 5.69 Å². The third-order valence-electron chi connectivity index (χ3n) is 12.0. The first-order valence-electron chi connectivity index (χ1n) is 27.8.